The third-order valence-corrected chi connectivity index (χ3v) is 4.24. The van der Waals surface area contributed by atoms with Gasteiger partial charge < -0.3 is 15.8 Å². The van der Waals surface area contributed by atoms with Gasteiger partial charge in [0.05, 0.1) is 6.10 Å². The Balaban J connectivity index is 0.00000324. The highest BCUT2D eigenvalue weighted by Gasteiger charge is 2.62. The summed E-state index contributed by atoms with van der Waals surface area (Å²) < 4.78 is 5.62. The highest BCUT2D eigenvalue weighted by molar-refractivity contribution is 5.88. The molecule has 114 valence electrons. The fourth-order valence-electron chi connectivity index (χ4n) is 2.45. The van der Waals surface area contributed by atoms with Crippen molar-refractivity contribution in [2.75, 3.05) is 13.2 Å². The lowest BCUT2D eigenvalue weighted by Crippen LogP contribution is -2.75. The molecular weight excluding hydrogens is 264 g/mol. The standard InChI is InChI=1S/C14H28N2O2.ClH/c1-6-18-11-9-14(15,13(11,4)5)12(17)16-8-7-10(2)3;/h10-11H,6-9,15H2,1-5H3,(H,16,17);1H. The highest BCUT2D eigenvalue weighted by Crippen LogP contribution is 2.49. The van der Waals surface area contributed by atoms with Crippen LogP contribution in [0.25, 0.3) is 0 Å². The number of ether oxygens (including phenoxy) is 1. The van der Waals surface area contributed by atoms with E-state index in [-0.39, 0.29) is 29.8 Å². The molecule has 1 aliphatic carbocycles. The van der Waals surface area contributed by atoms with E-state index in [4.69, 9.17) is 10.5 Å². The minimum absolute atomic E-state index is 0. The van der Waals surface area contributed by atoms with Crippen LogP contribution < -0.4 is 11.1 Å². The second kappa shape index (κ2) is 6.91. The van der Waals surface area contributed by atoms with E-state index in [1.807, 2.05) is 20.8 Å². The van der Waals surface area contributed by atoms with Crippen molar-refractivity contribution in [2.45, 2.75) is 59.1 Å². The smallest absolute Gasteiger partial charge is 0.240 e. The van der Waals surface area contributed by atoms with Crippen molar-refractivity contribution in [3.63, 3.8) is 0 Å². The van der Waals surface area contributed by atoms with Gasteiger partial charge in [-0.05, 0) is 19.3 Å². The number of carbonyl (C=O) groups excluding carboxylic acids is 1. The van der Waals surface area contributed by atoms with Gasteiger partial charge in [0.25, 0.3) is 0 Å². The molecule has 0 spiro atoms. The Morgan fingerprint density at radius 1 is 1.47 bits per heavy atom. The van der Waals surface area contributed by atoms with Crippen molar-refractivity contribution in [1.29, 1.82) is 0 Å². The molecule has 2 atom stereocenters. The Hall–Kier alpha value is -0.320. The van der Waals surface area contributed by atoms with E-state index in [0.29, 0.717) is 25.5 Å². The summed E-state index contributed by atoms with van der Waals surface area (Å²) in [5.74, 6) is 0.550. The number of amides is 1. The van der Waals surface area contributed by atoms with E-state index in [2.05, 4.69) is 19.2 Å². The van der Waals surface area contributed by atoms with Crippen LogP contribution in [0.5, 0.6) is 0 Å². The number of halogens is 1. The molecule has 0 aliphatic heterocycles. The molecule has 0 saturated heterocycles. The van der Waals surface area contributed by atoms with Gasteiger partial charge in [-0.25, -0.2) is 0 Å². The molecule has 1 fully saturated rings. The number of rotatable bonds is 6. The lowest BCUT2D eigenvalue weighted by molar-refractivity contribution is -0.170. The van der Waals surface area contributed by atoms with Crippen LogP contribution in [-0.2, 0) is 9.53 Å². The summed E-state index contributed by atoms with van der Waals surface area (Å²) in [4.78, 5) is 12.2. The first-order chi connectivity index (χ1) is 8.25. The van der Waals surface area contributed by atoms with Gasteiger partial charge in [-0.1, -0.05) is 27.7 Å². The summed E-state index contributed by atoms with van der Waals surface area (Å²) in [6, 6.07) is 0. The van der Waals surface area contributed by atoms with Crippen molar-refractivity contribution in [2.24, 2.45) is 17.1 Å². The van der Waals surface area contributed by atoms with E-state index >= 15 is 0 Å². The maximum absolute atomic E-state index is 12.2. The molecule has 1 rings (SSSR count). The second-order valence-corrected chi connectivity index (χ2v) is 6.28. The van der Waals surface area contributed by atoms with Gasteiger partial charge in [0.2, 0.25) is 5.91 Å². The number of hydrogen-bond acceptors (Lipinski definition) is 3. The Kier molecular flexibility index (Phi) is 6.79. The summed E-state index contributed by atoms with van der Waals surface area (Å²) in [7, 11) is 0. The molecule has 4 nitrogen and oxygen atoms in total. The van der Waals surface area contributed by atoms with Gasteiger partial charge >= 0.3 is 0 Å². The molecule has 1 saturated carbocycles. The highest BCUT2D eigenvalue weighted by atomic mass is 35.5. The minimum atomic E-state index is -0.788. The molecule has 0 aromatic carbocycles. The molecule has 3 N–H and O–H groups in total. The molecule has 2 unspecified atom stereocenters. The van der Waals surface area contributed by atoms with E-state index in [0.717, 1.165) is 6.42 Å². The van der Waals surface area contributed by atoms with Crippen LogP contribution >= 0.6 is 12.4 Å². The maximum Gasteiger partial charge on any atom is 0.240 e. The molecule has 19 heavy (non-hydrogen) atoms. The summed E-state index contributed by atoms with van der Waals surface area (Å²) in [5, 5.41) is 2.96. The molecule has 0 radical (unpaired) electrons. The molecule has 0 aromatic rings. The first kappa shape index (κ1) is 18.7. The van der Waals surface area contributed by atoms with Crippen molar-refractivity contribution >= 4 is 18.3 Å². The number of hydrogen-bond donors (Lipinski definition) is 2. The van der Waals surface area contributed by atoms with Gasteiger partial charge in [-0.3, -0.25) is 4.79 Å². The summed E-state index contributed by atoms with van der Waals surface area (Å²) in [5.41, 5.74) is 5.18. The monoisotopic (exact) mass is 292 g/mol. The fraction of sp³-hybridized carbons (Fsp3) is 0.929. The molecule has 0 aromatic heterocycles. The fourth-order valence-corrected chi connectivity index (χ4v) is 2.45. The number of nitrogens with two attached hydrogens (primary N) is 1. The van der Waals surface area contributed by atoms with Crippen molar-refractivity contribution in [1.82, 2.24) is 5.32 Å². The third kappa shape index (κ3) is 3.61. The molecule has 0 bridgehead atoms. The second-order valence-electron chi connectivity index (χ2n) is 6.28. The zero-order chi connectivity index (χ0) is 14.0. The van der Waals surface area contributed by atoms with E-state index in [1.54, 1.807) is 0 Å². The number of nitrogens with one attached hydrogen (secondary N) is 1. The Morgan fingerprint density at radius 2 is 2.05 bits per heavy atom. The SMILES string of the molecule is CCOC1CC(N)(C(=O)NCCC(C)C)C1(C)C.Cl. The van der Waals surface area contributed by atoms with Crippen LogP contribution in [0.15, 0.2) is 0 Å². The lowest BCUT2D eigenvalue weighted by Gasteiger charge is -2.57. The minimum Gasteiger partial charge on any atom is -0.378 e. The van der Waals surface area contributed by atoms with E-state index in [1.165, 1.54) is 0 Å². The van der Waals surface area contributed by atoms with Crippen LogP contribution in [0.3, 0.4) is 0 Å². The summed E-state index contributed by atoms with van der Waals surface area (Å²) in [6.07, 6.45) is 1.68. The molecule has 1 aliphatic rings. The van der Waals surface area contributed by atoms with Gasteiger partial charge in [0, 0.05) is 25.0 Å². The summed E-state index contributed by atoms with van der Waals surface area (Å²) >= 11 is 0. The maximum atomic E-state index is 12.2. The lowest BCUT2D eigenvalue weighted by atomic mass is 9.54. The van der Waals surface area contributed by atoms with Gasteiger partial charge in [0.1, 0.15) is 5.54 Å². The quantitative estimate of drug-likeness (QED) is 0.788. The van der Waals surface area contributed by atoms with Gasteiger partial charge in [-0.15, -0.1) is 12.4 Å². The Labute approximate surface area is 123 Å². The molecule has 5 heteroatoms. The molecule has 0 heterocycles. The predicted octanol–water partition coefficient (Wildman–Crippen LogP) is 2.10. The van der Waals surface area contributed by atoms with Crippen LogP contribution in [0, 0.1) is 11.3 Å². The first-order valence-corrected chi connectivity index (χ1v) is 6.94. The zero-order valence-electron chi connectivity index (χ0n) is 12.8. The average Bonchev–Trinajstić information content (AvgIpc) is 2.27. The molecular formula is C14H29ClN2O2. The Bertz CT molecular complexity index is 308. The average molecular weight is 293 g/mol. The van der Waals surface area contributed by atoms with Gasteiger partial charge in [0.15, 0.2) is 0 Å². The topological polar surface area (TPSA) is 64.3 Å². The van der Waals surface area contributed by atoms with Crippen LogP contribution in [0.4, 0.5) is 0 Å². The normalized spacial score (nSPS) is 28.5. The van der Waals surface area contributed by atoms with Crippen molar-refractivity contribution in [3.8, 4) is 0 Å². The van der Waals surface area contributed by atoms with Gasteiger partial charge in [-0.2, -0.15) is 0 Å². The summed E-state index contributed by atoms with van der Waals surface area (Å²) in [6.45, 7) is 11.6. The first-order valence-electron chi connectivity index (χ1n) is 6.94. The predicted molar refractivity (Wildman–Crippen MR) is 80.4 cm³/mol. The van der Waals surface area contributed by atoms with E-state index in [9.17, 15) is 4.79 Å². The third-order valence-electron chi connectivity index (χ3n) is 4.24. The largest absolute Gasteiger partial charge is 0.378 e. The van der Waals surface area contributed by atoms with Crippen molar-refractivity contribution in [3.05, 3.63) is 0 Å². The zero-order valence-corrected chi connectivity index (χ0v) is 13.6. The number of carbonyl (C=O) groups is 1. The van der Waals surface area contributed by atoms with Crippen LogP contribution in [0.1, 0.15) is 47.5 Å². The molecule has 1 amide bonds. The van der Waals surface area contributed by atoms with Crippen LogP contribution in [0.2, 0.25) is 0 Å². The van der Waals surface area contributed by atoms with Crippen LogP contribution in [-0.4, -0.2) is 30.7 Å². The Morgan fingerprint density at radius 3 is 2.47 bits per heavy atom. The van der Waals surface area contributed by atoms with Crippen molar-refractivity contribution < 1.29 is 9.53 Å². The van der Waals surface area contributed by atoms with E-state index < -0.39 is 5.54 Å².